The minimum Gasteiger partial charge on any atom is -0.295 e. The van der Waals surface area contributed by atoms with E-state index in [1.54, 1.807) is 0 Å². The molecule has 1 atom stereocenters. The van der Waals surface area contributed by atoms with Gasteiger partial charge in [-0.2, -0.15) is 0 Å². The third-order valence-corrected chi connectivity index (χ3v) is 3.49. The first-order valence-corrected chi connectivity index (χ1v) is 6.24. The summed E-state index contributed by atoms with van der Waals surface area (Å²) in [5.74, 6) is -1.66. The number of piperidine rings is 1. The molecule has 0 spiro atoms. The van der Waals surface area contributed by atoms with E-state index in [0.29, 0.717) is 18.5 Å². The van der Waals surface area contributed by atoms with Crippen molar-refractivity contribution in [1.82, 2.24) is 15.8 Å². The highest BCUT2D eigenvalue weighted by molar-refractivity contribution is 6.01. The van der Waals surface area contributed by atoms with Gasteiger partial charge in [-0.05, 0) is 24.1 Å². The normalized spacial score (nSPS) is 23.1. The molecule has 0 saturated carbocycles. The number of hydrazine groups is 1. The van der Waals surface area contributed by atoms with Gasteiger partial charge in [0, 0.05) is 18.5 Å². The lowest BCUT2D eigenvalue weighted by molar-refractivity contribution is -0.138. The molecule has 2 N–H and O–H groups in total. The number of carbonyl (C=O) groups is 3. The number of rotatable bonds is 1. The Morgan fingerprint density at radius 1 is 1.25 bits per heavy atom. The average molecular weight is 277 g/mol. The second-order valence-electron chi connectivity index (χ2n) is 4.84. The van der Waals surface area contributed by atoms with Crippen LogP contribution in [0.25, 0.3) is 0 Å². The predicted octanol–water partition coefficient (Wildman–Crippen LogP) is 0.0913. The fourth-order valence-corrected chi connectivity index (χ4v) is 2.48. The number of fused-ring (bicyclic) bond motifs is 1. The van der Waals surface area contributed by atoms with Gasteiger partial charge in [-0.25, -0.2) is 9.40 Å². The zero-order valence-corrected chi connectivity index (χ0v) is 10.5. The van der Waals surface area contributed by atoms with Crippen molar-refractivity contribution in [2.75, 3.05) is 0 Å². The fourth-order valence-electron chi connectivity index (χ4n) is 2.48. The molecule has 7 heteroatoms. The third-order valence-electron chi connectivity index (χ3n) is 3.49. The van der Waals surface area contributed by atoms with Crippen LogP contribution < -0.4 is 10.7 Å². The van der Waals surface area contributed by atoms with Crippen LogP contribution in [-0.4, -0.2) is 28.8 Å². The number of amides is 3. The first-order chi connectivity index (χ1) is 9.54. The van der Waals surface area contributed by atoms with Crippen molar-refractivity contribution in [2.24, 2.45) is 0 Å². The lowest BCUT2D eigenvalue weighted by Gasteiger charge is -2.36. The molecule has 1 aromatic rings. The second-order valence-corrected chi connectivity index (χ2v) is 4.84. The van der Waals surface area contributed by atoms with Gasteiger partial charge in [0.1, 0.15) is 11.9 Å². The van der Waals surface area contributed by atoms with E-state index >= 15 is 0 Å². The Balaban J connectivity index is 1.85. The summed E-state index contributed by atoms with van der Waals surface area (Å²) in [5, 5.41) is 3.73. The number of hydrogen-bond acceptors (Lipinski definition) is 4. The largest absolute Gasteiger partial charge is 0.295 e. The standard InChI is InChI=1S/C13H12FN3O3/c14-8-2-1-7-6-17(16-12(19)9(7)5-8)10-3-4-11(18)15-13(10)20/h1-2,5,10H,3-4,6H2,(H,16,19)(H,15,18,20). The van der Waals surface area contributed by atoms with E-state index in [4.69, 9.17) is 0 Å². The van der Waals surface area contributed by atoms with Crippen LogP contribution in [0.2, 0.25) is 0 Å². The minimum absolute atomic E-state index is 0.235. The molecule has 1 aromatic carbocycles. The molecule has 104 valence electrons. The summed E-state index contributed by atoms with van der Waals surface area (Å²) in [6.07, 6.45) is 0.584. The molecule has 3 rings (SSSR count). The lowest BCUT2D eigenvalue weighted by Crippen LogP contribution is -2.59. The predicted molar refractivity (Wildman–Crippen MR) is 65.6 cm³/mol. The van der Waals surface area contributed by atoms with Gasteiger partial charge >= 0.3 is 0 Å². The fraction of sp³-hybridized carbons (Fsp3) is 0.308. The second kappa shape index (κ2) is 4.68. The summed E-state index contributed by atoms with van der Waals surface area (Å²) < 4.78 is 13.1. The molecule has 6 nitrogen and oxygen atoms in total. The van der Waals surface area contributed by atoms with Crippen molar-refractivity contribution in [1.29, 1.82) is 0 Å². The SMILES string of the molecule is O=C1CCC(N2Cc3ccc(F)cc3C(=O)N2)C(=O)N1. The number of imide groups is 1. The minimum atomic E-state index is -0.588. The highest BCUT2D eigenvalue weighted by Gasteiger charge is 2.35. The molecule has 0 radical (unpaired) electrons. The molecule has 0 bridgehead atoms. The van der Waals surface area contributed by atoms with E-state index in [-0.39, 0.29) is 17.9 Å². The molecule has 2 aliphatic rings. The molecule has 0 aliphatic carbocycles. The van der Waals surface area contributed by atoms with Crippen molar-refractivity contribution in [2.45, 2.75) is 25.4 Å². The van der Waals surface area contributed by atoms with E-state index in [1.807, 2.05) is 0 Å². The van der Waals surface area contributed by atoms with Crippen molar-refractivity contribution >= 4 is 17.7 Å². The maximum absolute atomic E-state index is 13.1. The van der Waals surface area contributed by atoms with Crippen LogP contribution in [0, 0.1) is 5.82 Å². The number of nitrogens with one attached hydrogen (secondary N) is 2. The van der Waals surface area contributed by atoms with E-state index in [1.165, 1.54) is 23.2 Å². The highest BCUT2D eigenvalue weighted by Crippen LogP contribution is 2.21. The topological polar surface area (TPSA) is 78.5 Å². The van der Waals surface area contributed by atoms with Gasteiger partial charge in [0.25, 0.3) is 5.91 Å². The van der Waals surface area contributed by atoms with Gasteiger partial charge in [-0.3, -0.25) is 25.1 Å². The molecule has 1 saturated heterocycles. The van der Waals surface area contributed by atoms with Gasteiger partial charge in [0.2, 0.25) is 11.8 Å². The molecule has 3 amide bonds. The third kappa shape index (κ3) is 2.16. The monoisotopic (exact) mass is 277 g/mol. The summed E-state index contributed by atoms with van der Waals surface area (Å²) in [5.41, 5.74) is 3.49. The lowest BCUT2D eigenvalue weighted by atomic mass is 10.0. The number of halogens is 1. The molecule has 2 aliphatic heterocycles. The zero-order chi connectivity index (χ0) is 14.3. The van der Waals surface area contributed by atoms with E-state index < -0.39 is 23.7 Å². The molecule has 1 fully saturated rings. The molecular formula is C13H12FN3O3. The first-order valence-electron chi connectivity index (χ1n) is 6.24. The summed E-state index contributed by atoms with van der Waals surface area (Å²) in [6, 6.07) is 3.39. The smallest absolute Gasteiger partial charge is 0.266 e. The van der Waals surface area contributed by atoms with Gasteiger partial charge in [0.15, 0.2) is 0 Å². The molecule has 2 heterocycles. The first kappa shape index (κ1) is 12.7. The van der Waals surface area contributed by atoms with Crippen molar-refractivity contribution in [3.63, 3.8) is 0 Å². The summed E-state index contributed by atoms with van der Waals surface area (Å²) >= 11 is 0. The summed E-state index contributed by atoms with van der Waals surface area (Å²) in [4.78, 5) is 34.9. The van der Waals surface area contributed by atoms with Crippen LogP contribution in [0.15, 0.2) is 18.2 Å². The Morgan fingerprint density at radius 2 is 2.05 bits per heavy atom. The van der Waals surface area contributed by atoms with Crippen LogP contribution in [-0.2, 0) is 16.1 Å². The number of nitrogens with zero attached hydrogens (tertiary/aromatic N) is 1. The highest BCUT2D eigenvalue weighted by atomic mass is 19.1. The number of benzene rings is 1. The van der Waals surface area contributed by atoms with Crippen LogP contribution in [0.1, 0.15) is 28.8 Å². The Kier molecular flexibility index (Phi) is 2.98. The quantitative estimate of drug-likeness (QED) is 0.713. The molecular weight excluding hydrogens is 265 g/mol. The average Bonchev–Trinajstić information content (AvgIpc) is 2.39. The molecule has 20 heavy (non-hydrogen) atoms. The van der Waals surface area contributed by atoms with E-state index in [2.05, 4.69) is 10.7 Å². The van der Waals surface area contributed by atoms with E-state index in [0.717, 1.165) is 0 Å². The Morgan fingerprint density at radius 3 is 2.80 bits per heavy atom. The number of carbonyl (C=O) groups excluding carboxylic acids is 3. The van der Waals surface area contributed by atoms with E-state index in [9.17, 15) is 18.8 Å². The number of hydrogen-bond donors (Lipinski definition) is 2. The van der Waals surface area contributed by atoms with Crippen LogP contribution in [0.5, 0.6) is 0 Å². The van der Waals surface area contributed by atoms with Crippen LogP contribution >= 0.6 is 0 Å². The zero-order valence-electron chi connectivity index (χ0n) is 10.5. The van der Waals surface area contributed by atoms with Gasteiger partial charge in [-0.1, -0.05) is 6.07 Å². The maximum atomic E-state index is 13.1. The van der Waals surface area contributed by atoms with Gasteiger partial charge in [0.05, 0.1) is 0 Å². The molecule has 1 unspecified atom stereocenters. The maximum Gasteiger partial charge on any atom is 0.266 e. The van der Waals surface area contributed by atoms with Crippen molar-refractivity contribution < 1.29 is 18.8 Å². The van der Waals surface area contributed by atoms with Gasteiger partial charge < -0.3 is 0 Å². The Labute approximate surface area is 113 Å². The summed E-state index contributed by atoms with van der Waals surface area (Å²) in [7, 11) is 0. The van der Waals surface area contributed by atoms with Gasteiger partial charge in [-0.15, -0.1) is 0 Å². The summed E-state index contributed by atoms with van der Waals surface area (Å²) in [6.45, 7) is 0.299. The van der Waals surface area contributed by atoms with Crippen molar-refractivity contribution in [3.05, 3.63) is 35.1 Å². The Hall–Kier alpha value is -2.28. The van der Waals surface area contributed by atoms with Crippen LogP contribution in [0.3, 0.4) is 0 Å². The molecule has 0 aromatic heterocycles. The van der Waals surface area contributed by atoms with Crippen molar-refractivity contribution in [3.8, 4) is 0 Å². The van der Waals surface area contributed by atoms with Crippen LogP contribution in [0.4, 0.5) is 4.39 Å². The Bertz CT molecular complexity index is 617.